The summed E-state index contributed by atoms with van der Waals surface area (Å²) in [5, 5.41) is 6.26. The fourth-order valence-electron chi connectivity index (χ4n) is 1.79. The van der Waals surface area contributed by atoms with E-state index in [1.165, 1.54) is 10.4 Å². The summed E-state index contributed by atoms with van der Waals surface area (Å²) in [5.41, 5.74) is 2.34. The number of thiophene rings is 1. The lowest BCUT2D eigenvalue weighted by atomic mass is 10.2. The molecule has 1 aromatic heterocycles. The van der Waals surface area contributed by atoms with Crippen molar-refractivity contribution in [2.75, 3.05) is 7.11 Å². The Morgan fingerprint density at radius 3 is 2.78 bits per heavy atom. The molecule has 0 radical (unpaired) electrons. The predicted molar refractivity (Wildman–Crippen MR) is 77.6 cm³/mol. The van der Waals surface area contributed by atoms with Crippen molar-refractivity contribution in [1.82, 2.24) is 5.32 Å². The molecule has 1 aromatic carbocycles. The Hall–Kier alpha value is -1.03. The van der Waals surface area contributed by atoms with E-state index < -0.39 is 0 Å². The van der Waals surface area contributed by atoms with Crippen molar-refractivity contribution < 1.29 is 4.74 Å². The van der Waals surface area contributed by atoms with Gasteiger partial charge in [0.1, 0.15) is 5.75 Å². The van der Waals surface area contributed by atoms with Gasteiger partial charge in [0.25, 0.3) is 0 Å². The molecule has 0 fully saturated rings. The van der Waals surface area contributed by atoms with Crippen LogP contribution in [0.5, 0.6) is 5.75 Å². The van der Waals surface area contributed by atoms with Crippen LogP contribution in [0.3, 0.4) is 0 Å². The molecule has 18 heavy (non-hydrogen) atoms. The number of methoxy groups -OCH3 is 1. The minimum Gasteiger partial charge on any atom is -0.496 e. The van der Waals surface area contributed by atoms with Gasteiger partial charge in [0.15, 0.2) is 0 Å². The van der Waals surface area contributed by atoms with Gasteiger partial charge in [-0.3, -0.25) is 0 Å². The molecule has 4 heteroatoms. The smallest absolute Gasteiger partial charge is 0.124 e. The van der Waals surface area contributed by atoms with Gasteiger partial charge in [-0.05, 0) is 36.1 Å². The highest BCUT2D eigenvalue weighted by molar-refractivity contribution is 7.10. The Morgan fingerprint density at radius 1 is 1.28 bits per heavy atom. The van der Waals surface area contributed by atoms with Crippen molar-refractivity contribution in [3.8, 4) is 5.75 Å². The first-order valence-corrected chi connectivity index (χ1v) is 7.03. The van der Waals surface area contributed by atoms with Crippen LogP contribution in [0.4, 0.5) is 0 Å². The number of hydrogen-bond acceptors (Lipinski definition) is 3. The highest BCUT2D eigenvalue weighted by atomic mass is 35.5. The van der Waals surface area contributed by atoms with Crippen LogP contribution in [-0.2, 0) is 13.1 Å². The van der Waals surface area contributed by atoms with E-state index in [0.29, 0.717) is 6.54 Å². The number of ether oxygens (including phenoxy) is 1. The summed E-state index contributed by atoms with van der Waals surface area (Å²) in [6.45, 7) is 3.70. The molecular weight excluding hydrogens is 266 g/mol. The zero-order valence-corrected chi connectivity index (χ0v) is 12.1. The lowest BCUT2D eigenvalue weighted by molar-refractivity contribution is 0.407. The minimum atomic E-state index is 0.709. The molecule has 0 aliphatic carbocycles. The second kappa shape index (κ2) is 6.23. The van der Waals surface area contributed by atoms with E-state index in [-0.39, 0.29) is 0 Å². The topological polar surface area (TPSA) is 21.3 Å². The molecule has 0 aliphatic heterocycles. The maximum absolute atomic E-state index is 6.18. The number of rotatable bonds is 5. The molecule has 0 amide bonds. The maximum Gasteiger partial charge on any atom is 0.124 e. The van der Waals surface area contributed by atoms with Gasteiger partial charge in [-0.1, -0.05) is 17.7 Å². The van der Waals surface area contributed by atoms with Gasteiger partial charge < -0.3 is 10.1 Å². The first-order valence-electron chi connectivity index (χ1n) is 5.77. The molecule has 0 aliphatic rings. The van der Waals surface area contributed by atoms with Crippen molar-refractivity contribution in [2.24, 2.45) is 0 Å². The number of benzene rings is 1. The quantitative estimate of drug-likeness (QED) is 0.894. The lowest BCUT2D eigenvalue weighted by Gasteiger charge is -2.11. The highest BCUT2D eigenvalue weighted by Crippen LogP contribution is 2.26. The van der Waals surface area contributed by atoms with Crippen LogP contribution in [0.15, 0.2) is 29.6 Å². The van der Waals surface area contributed by atoms with E-state index in [1.807, 2.05) is 18.2 Å². The highest BCUT2D eigenvalue weighted by Gasteiger charge is 2.07. The fraction of sp³-hybridized carbons (Fsp3) is 0.286. The van der Waals surface area contributed by atoms with Gasteiger partial charge in [0.05, 0.1) is 7.11 Å². The fourth-order valence-corrected chi connectivity index (χ4v) is 2.90. The van der Waals surface area contributed by atoms with E-state index >= 15 is 0 Å². The normalized spacial score (nSPS) is 10.6. The van der Waals surface area contributed by atoms with E-state index in [1.54, 1.807) is 18.4 Å². The van der Waals surface area contributed by atoms with Gasteiger partial charge in [-0.15, -0.1) is 11.3 Å². The molecule has 0 saturated carbocycles. The molecule has 1 N–H and O–H groups in total. The monoisotopic (exact) mass is 281 g/mol. The second-order valence-electron chi connectivity index (χ2n) is 4.05. The Bertz CT molecular complexity index is 524. The molecule has 2 rings (SSSR count). The standard InChI is InChI=1S/C14H16ClNOS/c1-10-6-7-18-14(10)9-16-8-11-12(15)4-3-5-13(11)17-2/h3-7,16H,8-9H2,1-2H3. The van der Waals surface area contributed by atoms with E-state index in [4.69, 9.17) is 16.3 Å². The third kappa shape index (κ3) is 3.05. The average Bonchev–Trinajstić information content (AvgIpc) is 2.77. The van der Waals surface area contributed by atoms with Crippen LogP contribution < -0.4 is 10.1 Å². The molecule has 2 nitrogen and oxygen atoms in total. The largest absolute Gasteiger partial charge is 0.496 e. The summed E-state index contributed by atoms with van der Waals surface area (Å²) in [4.78, 5) is 1.36. The summed E-state index contributed by atoms with van der Waals surface area (Å²) in [5.74, 6) is 0.831. The van der Waals surface area contributed by atoms with Crippen LogP contribution in [0.25, 0.3) is 0 Å². The van der Waals surface area contributed by atoms with Crippen molar-refractivity contribution in [3.05, 3.63) is 50.7 Å². The average molecular weight is 282 g/mol. The third-order valence-corrected chi connectivity index (χ3v) is 4.23. The van der Waals surface area contributed by atoms with E-state index in [0.717, 1.165) is 22.9 Å². The summed E-state index contributed by atoms with van der Waals surface area (Å²) < 4.78 is 5.32. The van der Waals surface area contributed by atoms with Crippen LogP contribution in [-0.4, -0.2) is 7.11 Å². The van der Waals surface area contributed by atoms with Gasteiger partial charge in [-0.2, -0.15) is 0 Å². The third-order valence-electron chi connectivity index (χ3n) is 2.85. The van der Waals surface area contributed by atoms with Gasteiger partial charge in [0.2, 0.25) is 0 Å². The summed E-state index contributed by atoms with van der Waals surface area (Å²) >= 11 is 7.95. The van der Waals surface area contributed by atoms with Gasteiger partial charge in [-0.25, -0.2) is 0 Å². The summed E-state index contributed by atoms with van der Waals surface area (Å²) in [6, 6.07) is 7.85. The van der Waals surface area contributed by atoms with Crippen molar-refractivity contribution in [1.29, 1.82) is 0 Å². The van der Waals surface area contributed by atoms with Crippen LogP contribution in [0, 0.1) is 6.92 Å². The molecule has 0 atom stereocenters. The second-order valence-corrected chi connectivity index (χ2v) is 5.46. The van der Waals surface area contributed by atoms with Gasteiger partial charge >= 0.3 is 0 Å². The van der Waals surface area contributed by atoms with E-state index in [9.17, 15) is 0 Å². The number of aryl methyl sites for hydroxylation is 1. The van der Waals surface area contributed by atoms with Crippen molar-refractivity contribution in [2.45, 2.75) is 20.0 Å². The number of halogens is 1. The Morgan fingerprint density at radius 2 is 2.11 bits per heavy atom. The van der Waals surface area contributed by atoms with Crippen LogP contribution >= 0.6 is 22.9 Å². The molecular formula is C14H16ClNOS. The zero-order chi connectivity index (χ0) is 13.0. The maximum atomic E-state index is 6.18. The molecule has 0 spiro atoms. The molecule has 0 saturated heterocycles. The van der Waals surface area contributed by atoms with Crippen LogP contribution in [0.1, 0.15) is 16.0 Å². The zero-order valence-electron chi connectivity index (χ0n) is 10.5. The molecule has 2 aromatic rings. The Labute approximate surface area is 117 Å². The summed E-state index contributed by atoms with van der Waals surface area (Å²) in [6.07, 6.45) is 0. The summed E-state index contributed by atoms with van der Waals surface area (Å²) in [7, 11) is 1.67. The van der Waals surface area contributed by atoms with Crippen LogP contribution in [0.2, 0.25) is 5.02 Å². The Balaban J connectivity index is 2.00. The first-order chi connectivity index (χ1) is 8.72. The predicted octanol–water partition coefficient (Wildman–Crippen LogP) is 4.01. The molecule has 1 heterocycles. The molecule has 96 valence electrons. The van der Waals surface area contributed by atoms with E-state index in [2.05, 4.69) is 23.7 Å². The van der Waals surface area contributed by atoms with Crippen molar-refractivity contribution >= 4 is 22.9 Å². The number of nitrogens with one attached hydrogen (secondary N) is 1. The minimum absolute atomic E-state index is 0.709. The van der Waals surface area contributed by atoms with Gasteiger partial charge in [0, 0.05) is 28.6 Å². The molecule has 0 unspecified atom stereocenters. The lowest BCUT2D eigenvalue weighted by Crippen LogP contribution is -2.13. The SMILES string of the molecule is COc1cccc(Cl)c1CNCc1sccc1C. The van der Waals surface area contributed by atoms with Crippen molar-refractivity contribution in [3.63, 3.8) is 0 Å². The first kappa shape index (κ1) is 13.4. The number of hydrogen-bond donors (Lipinski definition) is 1. The Kier molecular flexibility index (Phi) is 4.64. The molecule has 0 bridgehead atoms.